The monoisotopic (exact) mass is 547 g/mol. The maximum absolute atomic E-state index is 12.7. The van der Waals surface area contributed by atoms with Crippen molar-refractivity contribution in [3.8, 4) is 0 Å². The predicted octanol–water partition coefficient (Wildman–Crippen LogP) is 8.06. The minimum absolute atomic E-state index is 0.0488. The topological polar surface area (TPSA) is 48.0 Å². The molecule has 0 bridgehead atoms. The second-order valence-electron chi connectivity index (χ2n) is 15.2. The fourth-order valence-corrected chi connectivity index (χ4v) is 10.2. The van der Waals surface area contributed by atoms with Gasteiger partial charge in [0.05, 0.1) is 6.61 Å². The number of nitrogens with zero attached hydrogens (tertiary/aromatic N) is 1. The second kappa shape index (κ2) is 10.9. The molecule has 0 aromatic heterocycles. The first-order valence-corrected chi connectivity index (χ1v) is 18.3. The van der Waals surface area contributed by atoms with E-state index in [9.17, 15) is 4.79 Å². The van der Waals surface area contributed by atoms with Crippen LogP contribution >= 0.6 is 0 Å². The van der Waals surface area contributed by atoms with Crippen molar-refractivity contribution in [3.05, 3.63) is 11.6 Å². The zero-order chi connectivity index (χ0) is 28.1. The first kappa shape index (κ1) is 30.1. The van der Waals surface area contributed by atoms with Gasteiger partial charge in [-0.15, -0.1) is 0 Å². The Labute approximate surface area is 234 Å². The molecule has 4 aliphatic carbocycles. The lowest BCUT2D eigenvalue weighted by atomic mass is 9.47. The number of carbonyl (C=O) groups excluding carboxylic acids is 1. The number of methoxy groups -OCH3 is 1. The first-order chi connectivity index (χ1) is 17.6. The molecular weight excluding hydrogens is 490 g/mol. The van der Waals surface area contributed by atoms with Crippen LogP contribution in [0.4, 0.5) is 4.79 Å². The quantitative estimate of drug-likeness (QED) is 0.239. The molecule has 1 amide bonds. The molecule has 6 heteroatoms. The van der Waals surface area contributed by atoms with E-state index >= 15 is 0 Å². The summed E-state index contributed by atoms with van der Waals surface area (Å²) in [5.74, 6) is 2.72. The molecule has 0 aromatic rings. The Morgan fingerprint density at radius 3 is 2.50 bits per heavy atom. The Morgan fingerprint density at radius 1 is 1.13 bits per heavy atom. The number of likely N-dealkylation sites (N-methyl/N-ethyl adjacent to an activating group) is 1. The van der Waals surface area contributed by atoms with Crippen molar-refractivity contribution in [2.45, 2.75) is 123 Å². The molecule has 218 valence electrons. The molecule has 0 saturated heterocycles. The van der Waals surface area contributed by atoms with E-state index < -0.39 is 8.32 Å². The molecule has 4 rings (SSSR count). The minimum atomic E-state index is -1.75. The first-order valence-electron chi connectivity index (χ1n) is 15.4. The number of hydrogen-bond acceptors (Lipinski definition) is 4. The van der Waals surface area contributed by atoms with E-state index in [2.05, 4.69) is 60.7 Å². The summed E-state index contributed by atoms with van der Waals surface area (Å²) in [6.07, 6.45) is 12.6. The van der Waals surface area contributed by atoms with E-state index in [1.54, 1.807) is 24.6 Å². The van der Waals surface area contributed by atoms with Crippen LogP contribution in [0, 0.1) is 34.5 Å². The van der Waals surface area contributed by atoms with Gasteiger partial charge < -0.3 is 18.8 Å². The largest absolute Gasteiger partial charge is 0.446 e. The summed E-state index contributed by atoms with van der Waals surface area (Å²) in [6.45, 7) is 20.2. The molecular formula is C32H57NO4Si. The number of amides is 1. The van der Waals surface area contributed by atoms with Crippen molar-refractivity contribution in [2.75, 3.05) is 27.3 Å². The summed E-state index contributed by atoms with van der Waals surface area (Å²) in [7, 11) is 1.71. The highest BCUT2D eigenvalue weighted by molar-refractivity contribution is 6.74. The van der Waals surface area contributed by atoms with E-state index in [-0.39, 0.29) is 22.7 Å². The highest BCUT2D eigenvalue weighted by atomic mass is 28.4. The Balaban J connectivity index is 1.44. The zero-order valence-corrected chi connectivity index (χ0v) is 27.2. The fraction of sp³-hybridized carbons (Fsp3) is 0.906. The van der Waals surface area contributed by atoms with Gasteiger partial charge in [-0.05, 0) is 105 Å². The molecule has 4 aliphatic rings. The third-order valence-electron chi connectivity index (χ3n) is 12.2. The van der Waals surface area contributed by atoms with E-state index in [0.29, 0.717) is 30.6 Å². The van der Waals surface area contributed by atoms with Crippen LogP contribution in [0.5, 0.6) is 0 Å². The van der Waals surface area contributed by atoms with Crippen LogP contribution in [0.1, 0.15) is 92.9 Å². The molecule has 0 radical (unpaired) electrons. The molecule has 0 aliphatic heterocycles. The highest BCUT2D eigenvalue weighted by Gasteiger charge is 2.60. The van der Waals surface area contributed by atoms with Crippen molar-refractivity contribution >= 4 is 14.4 Å². The second-order valence-corrected chi connectivity index (χ2v) is 20.0. The van der Waals surface area contributed by atoms with Gasteiger partial charge >= 0.3 is 6.09 Å². The van der Waals surface area contributed by atoms with Crippen LogP contribution < -0.4 is 0 Å². The molecule has 8 atom stereocenters. The molecule has 0 N–H and O–H groups in total. The van der Waals surface area contributed by atoms with Crippen molar-refractivity contribution in [3.63, 3.8) is 0 Å². The number of carbonyl (C=O) groups is 1. The standard InChI is InChI=1S/C32H57NO4Si/c1-22(36-29(34)33(7)19-20-35-8)26-13-14-27-25-12-11-23-21-24(37-38(9,10)30(2,3)4)15-17-31(23,5)28(25)16-18-32(26,27)6/h11,22,24-28H,12-21H2,1-10H3/t22-,24?,25-,26+,27-,28-,31-,32+/m0/s1. The Bertz CT molecular complexity index is 896. The van der Waals surface area contributed by atoms with Crippen molar-refractivity contribution in [2.24, 2.45) is 34.5 Å². The average molecular weight is 548 g/mol. The lowest BCUT2D eigenvalue weighted by Crippen LogP contribution is -2.52. The molecule has 0 heterocycles. The van der Waals surface area contributed by atoms with Crippen LogP contribution in [0.15, 0.2) is 11.6 Å². The summed E-state index contributed by atoms with van der Waals surface area (Å²) in [5.41, 5.74) is 2.29. The van der Waals surface area contributed by atoms with Crippen LogP contribution in [-0.2, 0) is 13.9 Å². The van der Waals surface area contributed by atoms with Crippen LogP contribution in [-0.4, -0.2) is 58.8 Å². The van der Waals surface area contributed by atoms with Gasteiger partial charge in [0.25, 0.3) is 0 Å². The molecule has 3 fully saturated rings. The highest BCUT2D eigenvalue weighted by Crippen LogP contribution is 2.67. The van der Waals surface area contributed by atoms with Crippen molar-refractivity contribution < 1.29 is 18.7 Å². The summed E-state index contributed by atoms with van der Waals surface area (Å²) in [5, 5.41) is 0.261. The smallest absolute Gasteiger partial charge is 0.409 e. The van der Waals surface area contributed by atoms with E-state index in [0.717, 1.165) is 24.2 Å². The third kappa shape index (κ3) is 5.40. The minimum Gasteiger partial charge on any atom is -0.446 e. The molecule has 0 aromatic carbocycles. The maximum atomic E-state index is 12.7. The molecule has 1 unspecified atom stereocenters. The van der Waals surface area contributed by atoms with Gasteiger partial charge in [-0.2, -0.15) is 0 Å². The van der Waals surface area contributed by atoms with Gasteiger partial charge in [0.2, 0.25) is 0 Å². The van der Waals surface area contributed by atoms with Crippen LogP contribution in [0.2, 0.25) is 18.1 Å². The molecule has 3 saturated carbocycles. The summed E-state index contributed by atoms with van der Waals surface area (Å²) >= 11 is 0. The molecule has 38 heavy (non-hydrogen) atoms. The summed E-state index contributed by atoms with van der Waals surface area (Å²) in [4.78, 5) is 14.4. The number of ether oxygens (including phenoxy) is 2. The Hall–Kier alpha value is -0.853. The van der Waals surface area contributed by atoms with Crippen LogP contribution in [0.3, 0.4) is 0 Å². The number of fused-ring (bicyclic) bond motifs is 5. The normalized spacial score (nSPS) is 37.9. The zero-order valence-electron chi connectivity index (χ0n) is 26.2. The lowest BCUT2D eigenvalue weighted by molar-refractivity contribution is -0.0708. The number of rotatable bonds is 7. The van der Waals surface area contributed by atoms with E-state index in [1.165, 1.54) is 44.9 Å². The summed E-state index contributed by atoms with van der Waals surface area (Å²) < 4.78 is 18.1. The van der Waals surface area contributed by atoms with Crippen molar-refractivity contribution in [1.82, 2.24) is 4.90 Å². The summed E-state index contributed by atoms with van der Waals surface area (Å²) in [6, 6.07) is 0. The Kier molecular flexibility index (Phi) is 8.60. The van der Waals surface area contributed by atoms with E-state index in [4.69, 9.17) is 13.9 Å². The Morgan fingerprint density at radius 2 is 1.84 bits per heavy atom. The molecule has 5 nitrogen and oxygen atoms in total. The fourth-order valence-electron chi connectivity index (χ4n) is 8.78. The van der Waals surface area contributed by atoms with Gasteiger partial charge in [-0.1, -0.05) is 46.3 Å². The number of hydrogen-bond donors (Lipinski definition) is 0. The SMILES string of the molecule is COCCN(C)C(=O)O[C@@H](C)[C@H]1CC[C@H]2[C@@H]3CC=C4CC(O[Si](C)(C)C(C)(C)C)CC[C@]4(C)[C@H]3CC[C@]12C. The third-order valence-corrected chi connectivity index (χ3v) is 16.7. The van der Waals surface area contributed by atoms with Gasteiger partial charge in [-0.25, -0.2) is 4.79 Å². The average Bonchev–Trinajstić information content (AvgIpc) is 3.19. The van der Waals surface area contributed by atoms with Crippen LogP contribution in [0.25, 0.3) is 0 Å². The van der Waals surface area contributed by atoms with Gasteiger partial charge in [0.15, 0.2) is 8.32 Å². The molecule has 0 spiro atoms. The predicted molar refractivity (Wildman–Crippen MR) is 158 cm³/mol. The van der Waals surface area contributed by atoms with Crippen molar-refractivity contribution in [1.29, 1.82) is 0 Å². The van der Waals surface area contributed by atoms with Gasteiger partial charge in [-0.3, -0.25) is 0 Å². The maximum Gasteiger partial charge on any atom is 0.409 e. The van der Waals surface area contributed by atoms with Gasteiger partial charge in [0.1, 0.15) is 6.10 Å². The van der Waals surface area contributed by atoms with Gasteiger partial charge in [0, 0.05) is 32.7 Å². The van der Waals surface area contributed by atoms with E-state index in [1.807, 2.05) is 0 Å². The lowest BCUT2D eigenvalue weighted by Gasteiger charge is -2.58. The number of allylic oxidation sites excluding steroid dienone is 1.